The number of ether oxygens (including phenoxy) is 2. The van der Waals surface area contributed by atoms with Gasteiger partial charge in [0.25, 0.3) is 0 Å². The van der Waals surface area contributed by atoms with Crippen molar-refractivity contribution in [3.05, 3.63) is 41.2 Å². The molecule has 5 heteroatoms. The van der Waals surface area contributed by atoms with E-state index in [2.05, 4.69) is 30.7 Å². The number of carbonyl (C=O) groups excluding carboxylic acids is 1. The van der Waals surface area contributed by atoms with Crippen LogP contribution >= 0.6 is 0 Å². The summed E-state index contributed by atoms with van der Waals surface area (Å²) in [6.07, 6.45) is 0. The van der Waals surface area contributed by atoms with Crippen LogP contribution in [0.15, 0.2) is 24.3 Å². The summed E-state index contributed by atoms with van der Waals surface area (Å²) in [6.45, 7) is 10.7. The van der Waals surface area contributed by atoms with Crippen molar-refractivity contribution >= 4 is 11.5 Å². The summed E-state index contributed by atoms with van der Waals surface area (Å²) in [5.74, 6) is 1.41. The molecular weight excluding hydrogens is 316 g/mol. The Morgan fingerprint density at radius 2 is 1.80 bits per heavy atom. The fourth-order valence-electron chi connectivity index (χ4n) is 3.29. The van der Waals surface area contributed by atoms with Gasteiger partial charge < -0.3 is 19.4 Å². The van der Waals surface area contributed by atoms with Crippen molar-refractivity contribution in [3.63, 3.8) is 0 Å². The van der Waals surface area contributed by atoms with Gasteiger partial charge in [-0.05, 0) is 52.8 Å². The van der Waals surface area contributed by atoms with Gasteiger partial charge in [-0.1, -0.05) is 0 Å². The average Bonchev–Trinajstić information content (AvgIpc) is 2.86. The zero-order chi connectivity index (χ0) is 18.8. The molecule has 0 atom stereocenters. The molecule has 1 N–H and O–H groups in total. The second-order valence-electron chi connectivity index (χ2n) is 7.13. The largest absolute Gasteiger partial charge is 0.497 e. The van der Waals surface area contributed by atoms with E-state index < -0.39 is 0 Å². The summed E-state index contributed by atoms with van der Waals surface area (Å²) in [5, 5.41) is 3.17. The number of hydrogen-bond acceptors (Lipinski definition) is 4. The van der Waals surface area contributed by atoms with Gasteiger partial charge in [-0.3, -0.25) is 4.79 Å². The normalized spacial score (nSPS) is 11.3. The minimum Gasteiger partial charge on any atom is -0.497 e. The van der Waals surface area contributed by atoms with E-state index in [-0.39, 0.29) is 17.9 Å². The van der Waals surface area contributed by atoms with Crippen molar-refractivity contribution in [2.24, 2.45) is 0 Å². The number of benzene rings is 1. The highest BCUT2D eigenvalue weighted by Crippen LogP contribution is 2.29. The highest BCUT2D eigenvalue weighted by molar-refractivity contribution is 6.00. The number of nitrogens with zero attached hydrogens (tertiary/aromatic N) is 1. The lowest BCUT2D eigenvalue weighted by molar-refractivity contribution is 0.100. The zero-order valence-corrected chi connectivity index (χ0v) is 16.2. The smallest absolute Gasteiger partial charge is 0.183 e. The molecule has 2 aromatic rings. The van der Waals surface area contributed by atoms with Crippen molar-refractivity contribution in [3.8, 4) is 11.5 Å². The molecule has 0 radical (unpaired) electrons. The lowest BCUT2D eigenvalue weighted by atomic mass is 10.1. The zero-order valence-electron chi connectivity index (χ0n) is 16.2. The first-order valence-corrected chi connectivity index (χ1v) is 8.37. The van der Waals surface area contributed by atoms with Crippen molar-refractivity contribution in [2.45, 2.75) is 40.2 Å². The third kappa shape index (κ3) is 3.98. The molecule has 0 unspecified atom stereocenters. The average molecular weight is 344 g/mol. The van der Waals surface area contributed by atoms with Crippen molar-refractivity contribution in [1.82, 2.24) is 4.57 Å². The first kappa shape index (κ1) is 18.9. The fraction of sp³-hybridized carbons (Fsp3) is 0.450. The number of ketones is 1. The Morgan fingerprint density at radius 1 is 1.12 bits per heavy atom. The van der Waals surface area contributed by atoms with Gasteiger partial charge >= 0.3 is 0 Å². The first-order chi connectivity index (χ1) is 11.7. The standard InChI is InChI=1S/C20H28N2O3/c1-13-10-16(14(2)22(13)20(3,4)5)18(23)12-21-17-9-8-15(24-6)11-19(17)25-7/h8-11,21H,12H2,1-7H3. The number of aryl methyl sites for hydroxylation is 1. The second kappa shape index (κ2) is 7.21. The third-order valence-corrected chi connectivity index (χ3v) is 4.25. The maximum Gasteiger partial charge on any atom is 0.183 e. The van der Waals surface area contributed by atoms with Crippen LogP contribution < -0.4 is 14.8 Å². The topological polar surface area (TPSA) is 52.5 Å². The van der Waals surface area contributed by atoms with Gasteiger partial charge in [-0.25, -0.2) is 0 Å². The van der Waals surface area contributed by atoms with Crippen LogP contribution in [0.5, 0.6) is 11.5 Å². The Morgan fingerprint density at radius 3 is 2.32 bits per heavy atom. The molecule has 1 heterocycles. The van der Waals surface area contributed by atoms with Crippen LogP contribution in [0.2, 0.25) is 0 Å². The van der Waals surface area contributed by atoms with Crippen LogP contribution in [0.3, 0.4) is 0 Å². The minimum absolute atomic E-state index is 0.0562. The van der Waals surface area contributed by atoms with Crippen molar-refractivity contribution in [1.29, 1.82) is 0 Å². The molecule has 0 aliphatic rings. The number of hydrogen-bond donors (Lipinski definition) is 1. The lowest BCUT2D eigenvalue weighted by Crippen LogP contribution is -2.24. The summed E-state index contributed by atoms with van der Waals surface area (Å²) in [6, 6.07) is 7.44. The predicted octanol–water partition coefficient (Wildman–Crippen LogP) is 4.17. The molecule has 136 valence electrons. The highest BCUT2D eigenvalue weighted by Gasteiger charge is 2.22. The van der Waals surface area contributed by atoms with Crippen LogP contribution in [0, 0.1) is 13.8 Å². The summed E-state index contributed by atoms with van der Waals surface area (Å²) in [5.41, 5.74) is 3.56. The summed E-state index contributed by atoms with van der Waals surface area (Å²) in [4.78, 5) is 12.7. The summed E-state index contributed by atoms with van der Waals surface area (Å²) < 4.78 is 12.8. The van der Waals surface area contributed by atoms with Gasteiger partial charge in [-0.2, -0.15) is 0 Å². The van der Waals surface area contributed by atoms with E-state index in [9.17, 15) is 4.79 Å². The number of aromatic nitrogens is 1. The van der Waals surface area contributed by atoms with Gasteiger partial charge in [0.15, 0.2) is 5.78 Å². The highest BCUT2D eigenvalue weighted by atomic mass is 16.5. The third-order valence-electron chi connectivity index (χ3n) is 4.25. The molecule has 0 bridgehead atoms. The van der Waals surface area contributed by atoms with E-state index in [0.29, 0.717) is 11.5 Å². The van der Waals surface area contributed by atoms with Crippen LogP contribution in [0.1, 0.15) is 42.5 Å². The number of rotatable bonds is 6. The minimum atomic E-state index is -0.0562. The number of Topliss-reactive ketones (excluding diaryl/α,β-unsaturated/α-hetero) is 1. The quantitative estimate of drug-likeness (QED) is 0.799. The molecule has 25 heavy (non-hydrogen) atoms. The number of anilines is 1. The Labute approximate surface area is 149 Å². The number of carbonyl (C=O) groups is 1. The van der Waals surface area contributed by atoms with Crippen LogP contribution in [0.25, 0.3) is 0 Å². The van der Waals surface area contributed by atoms with Crippen molar-refractivity contribution in [2.75, 3.05) is 26.1 Å². The van der Waals surface area contributed by atoms with Crippen LogP contribution in [-0.4, -0.2) is 31.1 Å². The molecule has 0 spiro atoms. The van der Waals surface area contributed by atoms with Gasteiger partial charge in [0.2, 0.25) is 0 Å². The molecule has 0 saturated carbocycles. The molecule has 0 aliphatic carbocycles. The molecular formula is C20H28N2O3. The SMILES string of the molecule is COc1ccc(NCC(=O)c2cc(C)n(C(C)(C)C)c2C)c(OC)c1. The molecule has 1 aromatic carbocycles. The van der Waals surface area contributed by atoms with Crippen LogP contribution in [0.4, 0.5) is 5.69 Å². The Hall–Kier alpha value is -2.43. The number of methoxy groups -OCH3 is 2. The Balaban J connectivity index is 2.19. The first-order valence-electron chi connectivity index (χ1n) is 8.37. The summed E-state index contributed by atoms with van der Waals surface area (Å²) in [7, 11) is 3.20. The maximum atomic E-state index is 12.7. The molecule has 2 rings (SSSR count). The number of nitrogens with one attached hydrogen (secondary N) is 1. The van der Waals surface area contributed by atoms with Gasteiger partial charge in [0, 0.05) is 28.6 Å². The van der Waals surface area contributed by atoms with E-state index in [1.807, 2.05) is 32.0 Å². The molecule has 0 fully saturated rings. The van der Waals surface area contributed by atoms with Crippen LogP contribution in [-0.2, 0) is 5.54 Å². The molecule has 5 nitrogen and oxygen atoms in total. The molecule has 0 aliphatic heterocycles. The van der Waals surface area contributed by atoms with E-state index in [1.165, 1.54) is 0 Å². The van der Waals surface area contributed by atoms with Gasteiger partial charge in [0.1, 0.15) is 11.5 Å². The molecule has 0 saturated heterocycles. The van der Waals surface area contributed by atoms with E-state index in [4.69, 9.17) is 9.47 Å². The van der Waals surface area contributed by atoms with E-state index in [0.717, 1.165) is 22.6 Å². The maximum absolute atomic E-state index is 12.7. The molecule has 1 aromatic heterocycles. The summed E-state index contributed by atoms with van der Waals surface area (Å²) >= 11 is 0. The van der Waals surface area contributed by atoms with Gasteiger partial charge in [-0.15, -0.1) is 0 Å². The van der Waals surface area contributed by atoms with E-state index >= 15 is 0 Å². The van der Waals surface area contributed by atoms with Gasteiger partial charge in [0.05, 0.1) is 26.5 Å². The monoisotopic (exact) mass is 344 g/mol. The second-order valence-corrected chi connectivity index (χ2v) is 7.13. The lowest BCUT2D eigenvalue weighted by Gasteiger charge is -2.25. The predicted molar refractivity (Wildman–Crippen MR) is 101 cm³/mol. The Kier molecular flexibility index (Phi) is 5.45. The molecule has 0 amide bonds. The van der Waals surface area contributed by atoms with Crippen molar-refractivity contribution < 1.29 is 14.3 Å². The fourth-order valence-corrected chi connectivity index (χ4v) is 3.29. The Bertz CT molecular complexity index is 770. The van der Waals surface area contributed by atoms with E-state index in [1.54, 1.807) is 20.3 Å².